The maximum atomic E-state index is 13.1. The van der Waals surface area contributed by atoms with E-state index < -0.39 is 6.09 Å². The molecule has 25 heavy (non-hydrogen) atoms. The van der Waals surface area contributed by atoms with Crippen LogP contribution in [0.2, 0.25) is 5.02 Å². The first kappa shape index (κ1) is 17.7. The van der Waals surface area contributed by atoms with Gasteiger partial charge in [-0.05, 0) is 45.1 Å². The average Bonchev–Trinajstić information content (AvgIpc) is 2.56. The fourth-order valence-corrected chi connectivity index (χ4v) is 3.59. The molecule has 0 radical (unpaired) electrons. The number of likely N-dealkylation sites (tertiary alicyclic amines) is 1. The maximum absolute atomic E-state index is 13.1. The molecule has 7 nitrogen and oxygen atoms in total. The van der Waals surface area contributed by atoms with Crippen LogP contribution in [0.1, 0.15) is 24.7 Å². The molecule has 134 valence electrons. The fraction of sp³-hybridized carbons (Fsp3) is 0.471. The van der Waals surface area contributed by atoms with Gasteiger partial charge in [0.1, 0.15) is 5.82 Å². The van der Waals surface area contributed by atoms with Crippen LogP contribution in [0.25, 0.3) is 10.9 Å². The number of halogens is 1. The van der Waals surface area contributed by atoms with E-state index in [-0.39, 0.29) is 18.1 Å². The summed E-state index contributed by atoms with van der Waals surface area (Å²) in [5.74, 6) is 0.600. The molecule has 1 aromatic carbocycles. The molecule has 0 atom stereocenters. The zero-order chi connectivity index (χ0) is 18.0. The van der Waals surface area contributed by atoms with E-state index in [0.29, 0.717) is 28.2 Å². The van der Waals surface area contributed by atoms with Crippen LogP contribution in [0.3, 0.4) is 0 Å². The quantitative estimate of drug-likeness (QED) is 0.867. The highest BCUT2D eigenvalue weighted by Crippen LogP contribution is 2.25. The Balaban J connectivity index is 2.06. The van der Waals surface area contributed by atoms with Crippen molar-refractivity contribution in [1.82, 2.24) is 19.8 Å². The highest BCUT2D eigenvalue weighted by Gasteiger charge is 2.23. The van der Waals surface area contributed by atoms with Crippen molar-refractivity contribution in [2.24, 2.45) is 0 Å². The number of benzene rings is 1. The molecule has 2 heterocycles. The van der Waals surface area contributed by atoms with E-state index in [1.807, 2.05) is 0 Å². The second-order valence-corrected chi connectivity index (χ2v) is 6.76. The molecule has 1 aliphatic rings. The highest BCUT2D eigenvalue weighted by atomic mass is 35.5. The summed E-state index contributed by atoms with van der Waals surface area (Å²) in [5, 5.41) is 11.9. The normalized spacial score (nSPS) is 16.2. The third kappa shape index (κ3) is 3.77. The van der Waals surface area contributed by atoms with Crippen molar-refractivity contribution >= 4 is 28.6 Å². The summed E-state index contributed by atoms with van der Waals surface area (Å²) in [5.41, 5.74) is 0.405. The second-order valence-electron chi connectivity index (χ2n) is 6.35. The van der Waals surface area contributed by atoms with E-state index in [9.17, 15) is 9.59 Å². The summed E-state index contributed by atoms with van der Waals surface area (Å²) in [6.45, 7) is 2.02. The number of carboxylic acid groups (broad SMARTS) is 1. The van der Waals surface area contributed by atoms with Gasteiger partial charge in [0, 0.05) is 19.0 Å². The summed E-state index contributed by atoms with van der Waals surface area (Å²) in [6.07, 6.45) is 0.981. The molecule has 0 bridgehead atoms. The van der Waals surface area contributed by atoms with Gasteiger partial charge in [-0.3, -0.25) is 9.36 Å². The van der Waals surface area contributed by atoms with Crippen molar-refractivity contribution in [3.63, 3.8) is 0 Å². The first-order chi connectivity index (χ1) is 12.0. The van der Waals surface area contributed by atoms with E-state index in [1.54, 1.807) is 22.8 Å². The molecule has 2 N–H and O–H groups in total. The molecule has 0 spiro atoms. The van der Waals surface area contributed by atoms with Crippen LogP contribution >= 0.6 is 11.6 Å². The Labute approximate surface area is 150 Å². The molecule has 0 aliphatic carbocycles. The first-order valence-electron chi connectivity index (χ1n) is 8.32. The Morgan fingerprint density at radius 3 is 2.80 bits per heavy atom. The number of nitrogens with one attached hydrogen (secondary N) is 1. The van der Waals surface area contributed by atoms with Crippen molar-refractivity contribution in [1.29, 1.82) is 0 Å². The molecule has 0 saturated carbocycles. The van der Waals surface area contributed by atoms with Gasteiger partial charge in [-0.25, -0.2) is 9.78 Å². The van der Waals surface area contributed by atoms with E-state index in [4.69, 9.17) is 16.7 Å². The minimum atomic E-state index is -1.09. The summed E-state index contributed by atoms with van der Waals surface area (Å²) < 4.78 is 1.73. The van der Waals surface area contributed by atoms with Crippen LogP contribution in [-0.4, -0.2) is 52.3 Å². The molecule has 1 saturated heterocycles. The number of hydrogen-bond acceptors (Lipinski definition) is 4. The van der Waals surface area contributed by atoms with Gasteiger partial charge in [0.05, 0.1) is 15.9 Å². The Bertz CT molecular complexity index is 844. The van der Waals surface area contributed by atoms with E-state index >= 15 is 0 Å². The standard InChI is InChI=1S/C17H21ClN4O3/c1-21-9-6-11(7-10-21)22-14(5-8-19-17(24)25)20-13-4-2-3-12(18)15(13)16(22)23/h2-4,11,19H,5-10H2,1H3,(H,24,25). The van der Waals surface area contributed by atoms with Crippen molar-refractivity contribution < 1.29 is 9.90 Å². The molecule has 8 heteroatoms. The smallest absolute Gasteiger partial charge is 0.404 e. The topological polar surface area (TPSA) is 87.5 Å². The lowest BCUT2D eigenvalue weighted by Crippen LogP contribution is -2.38. The minimum absolute atomic E-state index is 0.0525. The fourth-order valence-electron chi connectivity index (χ4n) is 3.34. The van der Waals surface area contributed by atoms with Gasteiger partial charge in [-0.2, -0.15) is 0 Å². The molecule has 1 aromatic heterocycles. The molecule has 0 unspecified atom stereocenters. The van der Waals surface area contributed by atoms with E-state index in [1.165, 1.54) is 0 Å². The highest BCUT2D eigenvalue weighted by molar-refractivity contribution is 6.35. The summed E-state index contributed by atoms with van der Waals surface area (Å²) in [4.78, 5) is 30.7. The number of nitrogens with zero attached hydrogens (tertiary/aromatic N) is 3. The third-order valence-electron chi connectivity index (χ3n) is 4.63. The van der Waals surface area contributed by atoms with E-state index in [2.05, 4.69) is 22.2 Å². The summed E-state index contributed by atoms with van der Waals surface area (Å²) in [6, 6.07) is 5.26. The van der Waals surface area contributed by atoms with Gasteiger partial charge < -0.3 is 15.3 Å². The van der Waals surface area contributed by atoms with Crippen molar-refractivity contribution in [2.75, 3.05) is 26.7 Å². The summed E-state index contributed by atoms with van der Waals surface area (Å²) in [7, 11) is 2.06. The SMILES string of the molecule is CN1CCC(n2c(CCNC(=O)O)nc3cccc(Cl)c3c2=O)CC1. The number of aromatic nitrogens is 2. The molecule has 1 amide bonds. The van der Waals surface area contributed by atoms with Gasteiger partial charge in [-0.15, -0.1) is 0 Å². The molecular weight excluding hydrogens is 344 g/mol. The number of rotatable bonds is 4. The van der Waals surface area contributed by atoms with Crippen molar-refractivity contribution in [2.45, 2.75) is 25.3 Å². The van der Waals surface area contributed by atoms with Gasteiger partial charge in [0.25, 0.3) is 5.56 Å². The zero-order valence-electron chi connectivity index (χ0n) is 14.0. The van der Waals surface area contributed by atoms with Crippen molar-refractivity contribution in [3.8, 4) is 0 Å². The Hall–Kier alpha value is -2.12. The maximum Gasteiger partial charge on any atom is 0.404 e. The molecule has 2 aromatic rings. The third-order valence-corrected chi connectivity index (χ3v) is 4.94. The Morgan fingerprint density at radius 2 is 2.12 bits per heavy atom. The molecule has 1 aliphatic heterocycles. The predicted molar refractivity (Wildman–Crippen MR) is 96.5 cm³/mol. The number of fused-ring (bicyclic) bond motifs is 1. The second kappa shape index (κ2) is 7.41. The lowest BCUT2D eigenvalue weighted by atomic mass is 10.0. The van der Waals surface area contributed by atoms with E-state index in [0.717, 1.165) is 25.9 Å². The largest absolute Gasteiger partial charge is 0.465 e. The van der Waals surface area contributed by atoms with Crippen LogP contribution < -0.4 is 10.9 Å². The van der Waals surface area contributed by atoms with Crippen LogP contribution in [0, 0.1) is 0 Å². The lowest BCUT2D eigenvalue weighted by Gasteiger charge is -2.31. The summed E-state index contributed by atoms with van der Waals surface area (Å²) >= 11 is 6.24. The Kier molecular flexibility index (Phi) is 5.24. The molecular formula is C17H21ClN4O3. The van der Waals surface area contributed by atoms with Crippen molar-refractivity contribution in [3.05, 3.63) is 39.4 Å². The Morgan fingerprint density at radius 1 is 1.40 bits per heavy atom. The number of piperidine rings is 1. The monoisotopic (exact) mass is 364 g/mol. The molecule has 1 fully saturated rings. The number of carbonyl (C=O) groups is 1. The first-order valence-corrected chi connectivity index (χ1v) is 8.70. The zero-order valence-corrected chi connectivity index (χ0v) is 14.8. The van der Waals surface area contributed by atoms with Crippen LogP contribution in [0.4, 0.5) is 4.79 Å². The van der Waals surface area contributed by atoms with Gasteiger partial charge in [0.15, 0.2) is 0 Å². The van der Waals surface area contributed by atoms with Gasteiger partial charge >= 0.3 is 6.09 Å². The minimum Gasteiger partial charge on any atom is -0.465 e. The molecule has 3 rings (SSSR count). The number of hydrogen-bond donors (Lipinski definition) is 2. The average molecular weight is 365 g/mol. The lowest BCUT2D eigenvalue weighted by molar-refractivity contribution is 0.194. The van der Waals surface area contributed by atoms with Crippen LogP contribution in [-0.2, 0) is 6.42 Å². The van der Waals surface area contributed by atoms with Crippen LogP contribution in [0.15, 0.2) is 23.0 Å². The van der Waals surface area contributed by atoms with Crippen LogP contribution in [0.5, 0.6) is 0 Å². The number of amides is 1. The van der Waals surface area contributed by atoms with Gasteiger partial charge in [0.2, 0.25) is 0 Å². The van der Waals surface area contributed by atoms with Gasteiger partial charge in [-0.1, -0.05) is 17.7 Å². The predicted octanol–water partition coefficient (Wildman–Crippen LogP) is 2.13.